The van der Waals surface area contributed by atoms with Gasteiger partial charge in [0.15, 0.2) is 5.76 Å². The lowest BCUT2D eigenvalue weighted by molar-refractivity contribution is 0.243. The van der Waals surface area contributed by atoms with Crippen molar-refractivity contribution in [1.29, 1.82) is 0 Å². The zero-order chi connectivity index (χ0) is 13.9. The first-order chi connectivity index (χ1) is 9.70. The molecular formula is C14H15N3O3. The van der Waals surface area contributed by atoms with E-state index in [0.29, 0.717) is 30.6 Å². The number of aryl methyl sites for hydroxylation is 1. The van der Waals surface area contributed by atoms with Crippen molar-refractivity contribution in [3.8, 4) is 11.6 Å². The van der Waals surface area contributed by atoms with Crippen LogP contribution in [-0.2, 0) is 13.1 Å². The molecule has 3 aromatic heterocycles. The Balaban J connectivity index is 1.63. The highest BCUT2D eigenvalue weighted by molar-refractivity contribution is 5.44. The summed E-state index contributed by atoms with van der Waals surface area (Å²) in [5.74, 6) is 3.43. The van der Waals surface area contributed by atoms with Crippen LogP contribution in [0, 0.1) is 6.92 Å². The zero-order valence-electron chi connectivity index (χ0n) is 11.4. The molecule has 104 valence electrons. The van der Waals surface area contributed by atoms with Crippen LogP contribution in [0.25, 0.3) is 11.6 Å². The van der Waals surface area contributed by atoms with Gasteiger partial charge in [-0.15, -0.1) is 0 Å². The molecule has 0 aliphatic heterocycles. The lowest BCUT2D eigenvalue weighted by Gasteiger charge is -2.11. The van der Waals surface area contributed by atoms with Crippen molar-refractivity contribution in [2.75, 3.05) is 7.05 Å². The third kappa shape index (κ3) is 2.80. The number of aromatic nitrogens is 2. The molecular weight excluding hydrogens is 258 g/mol. The van der Waals surface area contributed by atoms with E-state index in [1.54, 1.807) is 18.4 Å². The minimum atomic E-state index is 0.465. The molecule has 0 atom stereocenters. The number of nitrogens with zero attached hydrogens (tertiary/aromatic N) is 3. The summed E-state index contributed by atoms with van der Waals surface area (Å²) in [6, 6.07) is 7.50. The Hall–Kier alpha value is -2.34. The van der Waals surface area contributed by atoms with Crippen LogP contribution in [-0.4, -0.2) is 22.1 Å². The maximum absolute atomic E-state index is 5.53. The SMILES string of the molecule is Cc1ccc(CN(C)Cc2nc(-c3ccco3)no2)o1. The van der Waals surface area contributed by atoms with E-state index < -0.39 is 0 Å². The van der Waals surface area contributed by atoms with Crippen molar-refractivity contribution in [3.05, 3.63) is 47.9 Å². The monoisotopic (exact) mass is 273 g/mol. The summed E-state index contributed by atoms with van der Waals surface area (Å²) in [6.45, 7) is 3.16. The average Bonchev–Trinajstić information content (AvgIpc) is 3.10. The first-order valence-corrected chi connectivity index (χ1v) is 6.31. The van der Waals surface area contributed by atoms with Gasteiger partial charge in [0.05, 0.1) is 19.4 Å². The highest BCUT2D eigenvalue weighted by Crippen LogP contribution is 2.17. The minimum absolute atomic E-state index is 0.465. The Kier molecular flexibility index (Phi) is 3.39. The Morgan fingerprint density at radius 2 is 2.10 bits per heavy atom. The van der Waals surface area contributed by atoms with Crippen molar-refractivity contribution in [3.63, 3.8) is 0 Å². The Morgan fingerprint density at radius 1 is 1.20 bits per heavy atom. The molecule has 0 aromatic carbocycles. The van der Waals surface area contributed by atoms with Gasteiger partial charge in [0.25, 0.3) is 0 Å². The van der Waals surface area contributed by atoms with Gasteiger partial charge in [-0.05, 0) is 38.2 Å². The van der Waals surface area contributed by atoms with E-state index in [2.05, 4.69) is 10.1 Å². The molecule has 0 fully saturated rings. The lowest BCUT2D eigenvalue weighted by Crippen LogP contribution is -2.17. The van der Waals surface area contributed by atoms with E-state index in [1.807, 2.05) is 31.0 Å². The average molecular weight is 273 g/mol. The van der Waals surface area contributed by atoms with Gasteiger partial charge in [-0.3, -0.25) is 4.90 Å². The van der Waals surface area contributed by atoms with E-state index >= 15 is 0 Å². The molecule has 3 aromatic rings. The van der Waals surface area contributed by atoms with Crippen LogP contribution < -0.4 is 0 Å². The van der Waals surface area contributed by atoms with Crippen molar-refractivity contribution in [2.45, 2.75) is 20.0 Å². The van der Waals surface area contributed by atoms with Gasteiger partial charge in [0.2, 0.25) is 11.7 Å². The van der Waals surface area contributed by atoms with Crippen LogP contribution in [0.4, 0.5) is 0 Å². The zero-order valence-corrected chi connectivity index (χ0v) is 11.4. The van der Waals surface area contributed by atoms with Crippen LogP contribution in [0.2, 0.25) is 0 Å². The smallest absolute Gasteiger partial charge is 0.241 e. The van der Waals surface area contributed by atoms with Crippen LogP contribution in [0.15, 0.2) is 43.9 Å². The van der Waals surface area contributed by atoms with E-state index in [-0.39, 0.29) is 0 Å². The van der Waals surface area contributed by atoms with Gasteiger partial charge in [-0.2, -0.15) is 4.98 Å². The normalized spacial score (nSPS) is 11.3. The maximum Gasteiger partial charge on any atom is 0.241 e. The molecule has 0 aliphatic carbocycles. The third-order valence-electron chi connectivity index (χ3n) is 2.84. The highest BCUT2D eigenvalue weighted by atomic mass is 16.5. The van der Waals surface area contributed by atoms with E-state index in [9.17, 15) is 0 Å². The summed E-state index contributed by atoms with van der Waals surface area (Å²) in [4.78, 5) is 6.34. The summed E-state index contributed by atoms with van der Waals surface area (Å²) in [5.41, 5.74) is 0. The molecule has 6 heteroatoms. The number of hydrogen-bond acceptors (Lipinski definition) is 6. The quantitative estimate of drug-likeness (QED) is 0.712. The van der Waals surface area contributed by atoms with Crippen molar-refractivity contribution in [1.82, 2.24) is 15.0 Å². The molecule has 0 unspecified atom stereocenters. The minimum Gasteiger partial charge on any atom is -0.465 e. The molecule has 0 saturated carbocycles. The van der Waals surface area contributed by atoms with Gasteiger partial charge in [-0.1, -0.05) is 5.16 Å². The molecule has 0 amide bonds. The first-order valence-electron chi connectivity index (χ1n) is 6.31. The van der Waals surface area contributed by atoms with Crippen molar-refractivity contribution in [2.24, 2.45) is 0 Å². The molecule has 0 N–H and O–H groups in total. The van der Waals surface area contributed by atoms with E-state index in [1.165, 1.54) is 0 Å². The third-order valence-corrected chi connectivity index (χ3v) is 2.84. The largest absolute Gasteiger partial charge is 0.465 e. The summed E-state index contributed by atoms with van der Waals surface area (Å²) in [7, 11) is 1.97. The predicted molar refractivity (Wildman–Crippen MR) is 70.6 cm³/mol. The predicted octanol–water partition coefficient (Wildman–Crippen LogP) is 2.86. The van der Waals surface area contributed by atoms with Gasteiger partial charge >= 0.3 is 0 Å². The van der Waals surface area contributed by atoms with Gasteiger partial charge in [-0.25, -0.2) is 0 Å². The standard InChI is InChI=1S/C14H15N3O3/c1-10-5-6-11(19-10)8-17(2)9-13-15-14(16-20-13)12-4-3-7-18-12/h3-7H,8-9H2,1-2H3. The Labute approximate surface area is 116 Å². The molecule has 0 bridgehead atoms. The fourth-order valence-electron chi connectivity index (χ4n) is 1.95. The van der Waals surface area contributed by atoms with E-state index in [4.69, 9.17) is 13.4 Å². The van der Waals surface area contributed by atoms with Crippen molar-refractivity contribution >= 4 is 0 Å². The summed E-state index contributed by atoms with van der Waals surface area (Å²) in [5, 5.41) is 3.89. The highest BCUT2D eigenvalue weighted by Gasteiger charge is 2.13. The molecule has 0 aliphatic rings. The molecule has 3 heterocycles. The maximum atomic E-state index is 5.53. The van der Waals surface area contributed by atoms with Crippen LogP contribution in [0.3, 0.4) is 0 Å². The fourth-order valence-corrected chi connectivity index (χ4v) is 1.95. The van der Waals surface area contributed by atoms with Crippen LogP contribution in [0.5, 0.6) is 0 Å². The topological polar surface area (TPSA) is 68.4 Å². The molecule has 0 spiro atoms. The summed E-state index contributed by atoms with van der Waals surface area (Å²) in [6.07, 6.45) is 1.58. The number of furan rings is 2. The summed E-state index contributed by atoms with van der Waals surface area (Å²) >= 11 is 0. The van der Waals surface area contributed by atoms with E-state index in [0.717, 1.165) is 11.5 Å². The molecule has 6 nitrogen and oxygen atoms in total. The second-order valence-corrected chi connectivity index (χ2v) is 4.67. The van der Waals surface area contributed by atoms with Crippen LogP contribution in [0.1, 0.15) is 17.4 Å². The van der Waals surface area contributed by atoms with Gasteiger partial charge < -0.3 is 13.4 Å². The van der Waals surface area contributed by atoms with Crippen LogP contribution >= 0.6 is 0 Å². The molecule has 0 radical (unpaired) electrons. The molecule has 3 rings (SSSR count). The second-order valence-electron chi connectivity index (χ2n) is 4.67. The first kappa shape index (κ1) is 12.7. The molecule has 20 heavy (non-hydrogen) atoms. The fraction of sp³-hybridized carbons (Fsp3) is 0.286. The Bertz CT molecular complexity index is 669. The van der Waals surface area contributed by atoms with Gasteiger partial charge in [0.1, 0.15) is 11.5 Å². The molecule has 0 saturated heterocycles. The lowest BCUT2D eigenvalue weighted by atomic mass is 10.4. The van der Waals surface area contributed by atoms with Gasteiger partial charge in [0, 0.05) is 0 Å². The Morgan fingerprint density at radius 3 is 2.80 bits per heavy atom. The second kappa shape index (κ2) is 5.34. The summed E-state index contributed by atoms with van der Waals surface area (Å²) < 4.78 is 16.0. The number of hydrogen-bond donors (Lipinski definition) is 0. The van der Waals surface area contributed by atoms with Crippen molar-refractivity contribution < 1.29 is 13.4 Å². The number of rotatable bonds is 5.